The van der Waals surface area contributed by atoms with E-state index in [1.807, 2.05) is 30.3 Å². The molecule has 0 saturated heterocycles. The molecule has 0 bridgehead atoms. The van der Waals surface area contributed by atoms with Crippen molar-refractivity contribution in [1.82, 2.24) is 0 Å². The number of rotatable bonds is 4. The third-order valence-electron chi connectivity index (χ3n) is 9.50. The van der Waals surface area contributed by atoms with Gasteiger partial charge in [0.2, 0.25) is 0 Å². The smallest absolute Gasteiger partial charge is 0.172 e. The molecule has 272 valence electrons. The van der Waals surface area contributed by atoms with Crippen LogP contribution in [0, 0.1) is 6.07 Å². The largest absolute Gasteiger partial charge is 0.214 e. The van der Waals surface area contributed by atoms with Crippen LogP contribution in [0.3, 0.4) is 0 Å². The van der Waals surface area contributed by atoms with Gasteiger partial charge in [0.1, 0.15) is 0 Å². The molecule has 0 fully saturated rings. The van der Waals surface area contributed by atoms with Crippen LogP contribution in [0.4, 0.5) is 0 Å². The van der Waals surface area contributed by atoms with Crippen molar-refractivity contribution in [1.29, 1.82) is 0 Å². The van der Waals surface area contributed by atoms with Crippen molar-refractivity contribution in [2.45, 2.75) is 58.8 Å². The zero-order valence-corrected chi connectivity index (χ0v) is 37.1. The summed E-state index contributed by atoms with van der Waals surface area (Å²) in [5, 5.41) is 3.03. The van der Waals surface area contributed by atoms with Gasteiger partial charge in [0.05, 0.1) is 0 Å². The normalized spacial score (nSPS) is 11.3. The molecule has 7 aromatic carbocycles. The van der Waals surface area contributed by atoms with Crippen molar-refractivity contribution in [2.24, 2.45) is 0 Å². The molecular formula is C50H48Cl2SiZr-2. The van der Waals surface area contributed by atoms with Crippen LogP contribution in [0.25, 0.3) is 33.4 Å². The number of benzene rings is 6. The summed E-state index contributed by atoms with van der Waals surface area (Å²) in [4.78, 5) is 0. The van der Waals surface area contributed by atoms with E-state index in [1.165, 1.54) is 66.0 Å². The van der Waals surface area contributed by atoms with Gasteiger partial charge in [-0.1, -0.05) is 131 Å². The van der Waals surface area contributed by atoms with Gasteiger partial charge in [-0.15, -0.1) is 28.8 Å². The molecule has 54 heavy (non-hydrogen) atoms. The second kappa shape index (κ2) is 19.3. The first-order chi connectivity index (χ1) is 25.0. The Morgan fingerprint density at radius 1 is 0.519 bits per heavy atom. The fourth-order valence-corrected chi connectivity index (χ4v) is 10.6. The predicted molar refractivity (Wildman–Crippen MR) is 222 cm³/mol. The van der Waals surface area contributed by atoms with Gasteiger partial charge < -0.3 is 24.8 Å². The number of hydrogen-bond acceptors (Lipinski definition) is 0. The molecule has 0 saturated carbocycles. The molecular weight excluding hydrogens is 791 g/mol. The van der Waals surface area contributed by atoms with E-state index in [1.54, 1.807) is 23.3 Å². The van der Waals surface area contributed by atoms with E-state index in [0.29, 0.717) is 0 Å². The summed E-state index contributed by atoms with van der Waals surface area (Å²) in [6.07, 6.45) is 0.944. The summed E-state index contributed by atoms with van der Waals surface area (Å²) < 4.78 is 0. The fourth-order valence-electron chi connectivity index (χ4n) is 6.80. The Kier molecular flexibility index (Phi) is 15.4. The third-order valence-corrected chi connectivity index (χ3v) is 15.6. The summed E-state index contributed by atoms with van der Waals surface area (Å²) >= 11 is 1.64. The van der Waals surface area contributed by atoms with Gasteiger partial charge in [-0.2, -0.15) is 18.2 Å². The Bertz CT molecular complexity index is 2050. The Morgan fingerprint density at radius 2 is 0.963 bits per heavy atom. The van der Waals surface area contributed by atoms with Crippen LogP contribution in [0.2, 0.25) is 0 Å². The van der Waals surface area contributed by atoms with Crippen LogP contribution in [-0.4, -0.2) is 5.43 Å². The Labute approximate surface area is 351 Å². The molecule has 0 nitrogen and oxygen atoms in total. The van der Waals surface area contributed by atoms with E-state index in [0.717, 1.165) is 6.42 Å². The van der Waals surface area contributed by atoms with E-state index in [-0.39, 0.29) is 35.6 Å². The van der Waals surface area contributed by atoms with Gasteiger partial charge >= 0.3 is 99.8 Å². The topological polar surface area (TPSA) is 0 Å². The zero-order chi connectivity index (χ0) is 36.7. The van der Waals surface area contributed by atoms with E-state index in [2.05, 4.69) is 187 Å². The van der Waals surface area contributed by atoms with Gasteiger partial charge in [-0.3, -0.25) is 0 Å². The minimum atomic E-state index is -0.455. The molecule has 0 spiro atoms. The maximum Gasteiger partial charge on any atom is -0.172 e. The Hall–Kier alpha value is -3.65. The molecule has 0 atom stereocenters. The third kappa shape index (κ3) is 10.6. The van der Waals surface area contributed by atoms with Gasteiger partial charge in [-0.05, 0) is 39.5 Å². The van der Waals surface area contributed by atoms with Crippen LogP contribution in [0.15, 0.2) is 170 Å². The van der Waals surface area contributed by atoms with Crippen LogP contribution in [0.5, 0.6) is 0 Å². The van der Waals surface area contributed by atoms with Gasteiger partial charge in [0, 0.05) is 0 Å². The van der Waals surface area contributed by atoms with Crippen molar-refractivity contribution in [3.05, 3.63) is 198 Å². The van der Waals surface area contributed by atoms with Crippen molar-refractivity contribution >= 4 is 15.8 Å². The van der Waals surface area contributed by atoms with Crippen molar-refractivity contribution in [2.75, 3.05) is 0 Å². The first-order valence-corrected chi connectivity index (χ1v) is 23.4. The molecule has 1 aliphatic rings. The zero-order valence-electron chi connectivity index (χ0n) is 32.1. The van der Waals surface area contributed by atoms with Crippen LogP contribution < -0.4 is 35.2 Å². The monoisotopic (exact) mass is 836 g/mol. The predicted octanol–water partition coefficient (Wildman–Crippen LogP) is 5.74. The molecule has 4 heteroatoms. The molecule has 0 amide bonds. The second-order valence-corrected chi connectivity index (χ2v) is 21.1. The Morgan fingerprint density at radius 3 is 1.41 bits per heavy atom. The first kappa shape index (κ1) is 43.1. The molecule has 0 unspecified atom stereocenters. The van der Waals surface area contributed by atoms with E-state index in [9.17, 15) is 0 Å². The van der Waals surface area contributed by atoms with Crippen molar-refractivity contribution in [3.8, 4) is 33.4 Å². The summed E-state index contributed by atoms with van der Waals surface area (Å²) in [6, 6.07) is 64.5. The van der Waals surface area contributed by atoms with Crippen LogP contribution in [-0.2, 0) is 40.6 Å². The van der Waals surface area contributed by atoms with Crippen LogP contribution >= 0.6 is 0 Å². The van der Waals surface area contributed by atoms with E-state index >= 15 is 0 Å². The Balaban J connectivity index is 0.000000255. The maximum absolute atomic E-state index is 3.88. The standard InChI is InChI=1S/C33H33.C12H10Si.C5H5.2ClH.Zr/c1-32(2,3)30-20-26-24(18-28(30)22-13-9-7-10-14-22)17-25-19-29(23-15-11-8-12-16-23)31(21-27(25)26)33(4,5)6;1-3-7-11(8-4-1)13-12-9-5-2-6-10-12;1-2-4-5-3-1;;;/h7-16,18,20-21H,17H2,1-6H3;1-10H;1-5H;2*1H;/q-1;;-1;;;+2/p-2. The van der Waals surface area contributed by atoms with Gasteiger partial charge in [0.15, 0.2) is 0 Å². The van der Waals surface area contributed by atoms with Crippen molar-refractivity contribution < 1.29 is 48.1 Å². The quantitative estimate of drug-likeness (QED) is 0.157. The molecule has 7 aromatic rings. The molecule has 0 heterocycles. The fraction of sp³-hybridized carbons (Fsp3) is 0.180. The molecule has 0 aromatic heterocycles. The molecule has 0 aliphatic heterocycles. The van der Waals surface area contributed by atoms with Gasteiger partial charge in [-0.25, -0.2) is 12.1 Å². The molecule has 0 N–H and O–H groups in total. The average molecular weight is 839 g/mol. The average Bonchev–Trinajstić information content (AvgIpc) is 3.86. The summed E-state index contributed by atoms with van der Waals surface area (Å²) in [5.41, 5.74) is 13.0. The SMILES string of the molecule is CC(C)(C)c1cc2c([c-]c1-c1ccccc1)Cc1cc(-c3ccccc3)c(C(C)(C)C)cc1-2.[Cl-].[Cl-].[Zr+2]=[Si](c1ccccc1)c1ccccc1.c1cc[cH-]c1. The minimum absolute atomic E-state index is 0. The minimum Gasteiger partial charge on any atom is -0.214 e. The molecule has 0 radical (unpaired) electrons. The first-order valence-electron chi connectivity index (χ1n) is 18.2. The number of fused-ring (bicyclic) bond motifs is 3. The number of halogens is 2. The molecule has 1 aliphatic carbocycles. The summed E-state index contributed by atoms with van der Waals surface area (Å²) in [5.74, 6) is 0. The van der Waals surface area contributed by atoms with E-state index < -0.39 is 5.43 Å². The summed E-state index contributed by atoms with van der Waals surface area (Å²) in [6.45, 7) is 13.9. The molecule has 8 rings (SSSR count). The van der Waals surface area contributed by atoms with Crippen LogP contribution in [0.1, 0.15) is 63.8 Å². The summed E-state index contributed by atoms with van der Waals surface area (Å²) in [7, 11) is 0. The van der Waals surface area contributed by atoms with E-state index in [4.69, 9.17) is 0 Å². The maximum atomic E-state index is 3.88. The number of hydrogen-bond donors (Lipinski definition) is 0. The second-order valence-electron chi connectivity index (χ2n) is 15.5. The van der Waals surface area contributed by atoms with Crippen molar-refractivity contribution in [3.63, 3.8) is 0 Å². The van der Waals surface area contributed by atoms with Gasteiger partial charge in [0.25, 0.3) is 0 Å².